The molecular formula is C35H57N11O16S2. The molecule has 6 heterocycles. The smallest absolute Gasteiger partial charge is 0.336 e. The van der Waals surface area contributed by atoms with Crippen molar-refractivity contribution in [2.75, 3.05) is 127 Å². The molecule has 5 aliphatic heterocycles. The van der Waals surface area contributed by atoms with E-state index in [1.165, 1.54) is 93.4 Å². The average molecular weight is 952 g/mol. The highest BCUT2D eigenvalue weighted by Crippen LogP contribution is 2.38. The van der Waals surface area contributed by atoms with E-state index in [1.54, 1.807) is 11.9 Å². The van der Waals surface area contributed by atoms with Crippen LogP contribution in [0.15, 0.2) is 14.4 Å². The highest BCUT2D eigenvalue weighted by molar-refractivity contribution is 8.06. The van der Waals surface area contributed by atoms with Crippen molar-refractivity contribution in [2.45, 2.75) is 55.2 Å². The summed E-state index contributed by atoms with van der Waals surface area (Å²) >= 11 is 3.01. The Morgan fingerprint density at radius 1 is 0.469 bits per heavy atom. The first-order valence-corrected chi connectivity index (χ1v) is 22.3. The molecule has 6 atom stereocenters. The number of hydrogen-bond acceptors (Lipinski definition) is 18. The summed E-state index contributed by atoms with van der Waals surface area (Å²) in [5.41, 5.74) is -3.27. The quantitative estimate of drug-likeness (QED) is 0.0973. The van der Waals surface area contributed by atoms with Gasteiger partial charge in [0.1, 0.15) is 51.3 Å². The number of aliphatic hydroxyl groups excluding tert-OH is 1. The lowest BCUT2D eigenvalue weighted by molar-refractivity contribution is -0.0290. The van der Waals surface area contributed by atoms with Crippen molar-refractivity contribution >= 4 is 47.6 Å². The van der Waals surface area contributed by atoms with Crippen molar-refractivity contribution in [3.63, 3.8) is 0 Å². The minimum absolute atomic E-state index is 0.00968. The monoisotopic (exact) mass is 951 g/mol. The highest BCUT2D eigenvalue weighted by Gasteiger charge is 2.60. The molecule has 6 unspecified atom stereocenters. The summed E-state index contributed by atoms with van der Waals surface area (Å²) in [7, 11) is 8.82. The fraction of sp³-hybridized carbons (Fsp3) is 0.800. The van der Waals surface area contributed by atoms with E-state index in [4.69, 9.17) is 37.9 Å². The minimum Gasteiger partial charge on any atom is -0.395 e. The number of methoxy groups -OCH3 is 5. The zero-order valence-electron chi connectivity index (χ0n) is 36.6. The number of hydrogen-bond donors (Lipinski definition) is 1. The van der Waals surface area contributed by atoms with Gasteiger partial charge in [-0.25, -0.2) is 47.3 Å². The number of likely N-dealkylation sites (N-methyl/N-ethyl adjacent to an activating group) is 1. The maximum Gasteiger partial charge on any atom is 0.336 e. The third-order valence-corrected chi connectivity index (χ3v) is 13.8. The molecule has 1 aromatic heterocycles. The molecule has 5 saturated heterocycles. The molecule has 64 heavy (non-hydrogen) atoms. The number of thioether (sulfide) groups is 2. The van der Waals surface area contributed by atoms with Crippen molar-refractivity contribution in [1.82, 2.24) is 52.9 Å². The lowest BCUT2D eigenvalue weighted by atomic mass is 10.3. The van der Waals surface area contributed by atoms with Crippen LogP contribution in [0, 0.1) is 0 Å². The molecule has 0 spiro atoms. The van der Waals surface area contributed by atoms with Crippen LogP contribution in [0.3, 0.4) is 0 Å². The Morgan fingerprint density at radius 2 is 0.891 bits per heavy atom. The summed E-state index contributed by atoms with van der Waals surface area (Å²) in [5, 5.41) is 9.45. The van der Waals surface area contributed by atoms with Gasteiger partial charge in [0.2, 0.25) is 0 Å². The molecule has 27 nitrogen and oxygen atoms in total. The standard InChI is InChI=1S/C35H57N11O16S2/c1-36-25-26(42(18-57-4)29(36)48)37(30(49)41(25)17-56-3)10-14-61-23-15-64-24(16-63-23)62-22-46-28-27(43(19-58-5)35(46)54)45(34(53)44(28)20-59-6)21-60-13-9-40-32(51)38(7-11-47)31(50)39(33(40)52)8-12-55-2/h23-28,47H,7-22H2,1-6H3. The predicted octanol–water partition coefficient (Wildman–Crippen LogP) is -2.79. The second-order valence-corrected chi connectivity index (χ2v) is 17.2. The molecule has 6 rings (SSSR count). The van der Waals surface area contributed by atoms with Gasteiger partial charge in [0.25, 0.3) is 0 Å². The van der Waals surface area contributed by atoms with Gasteiger partial charge in [-0.1, -0.05) is 0 Å². The van der Waals surface area contributed by atoms with Crippen molar-refractivity contribution in [3.05, 3.63) is 31.5 Å². The Bertz CT molecular complexity index is 1980. The predicted molar refractivity (Wildman–Crippen MR) is 223 cm³/mol. The number of nitrogens with zero attached hydrogens (tertiary/aromatic N) is 11. The molecule has 8 amide bonds. The van der Waals surface area contributed by atoms with Crippen LogP contribution in [-0.2, 0) is 57.5 Å². The SMILES string of the molecule is COCCn1c(=O)n(CCO)c(=O)n(CCOCN2C(=O)N(COC)C3C2N(COC)C(=O)N3COC2CSC(OCCN3C(=O)N(COC)C4C3N(COC)C(=O)N4C)CS2)c1=O. The van der Waals surface area contributed by atoms with Gasteiger partial charge in [-0.3, -0.25) is 34.3 Å². The van der Waals surface area contributed by atoms with Gasteiger partial charge in [-0.15, -0.1) is 23.5 Å². The number of amides is 8. The van der Waals surface area contributed by atoms with Crippen molar-refractivity contribution in [3.8, 4) is 0 Å². The summed E-state index contributed by atoms with van der Waals surface area (Å²) < 4.78 is 46.9. The van der Waals surface area contributed by atoms with Crippen LogP contribution in [0.5, 0.6) is 0 Å². The topological polar surface area (TPSA) is 254 Å². The van der Waals surface area contributed by atoms with Gasteiger partial charge >= 0.3 is 41.2 Å². The van der Waals surface area contributed by atoms with Crippen molar-refractivity contribution in [2.24, 2.45) is 0 Å². The van der Waals surface area contributed by atoms with E-state index in [0.29, 0.717) is 11.5 Å². The van der Waals surface area contributed by atoms with E-state index < -0.39 is 60.4 Å². The normalized spacial score (nSPS) is 24.7. The summed E-state index contributed by atoms with van der Waals surface area (Å²) in [6, 6.07) is -1.55. The van der Waals surface area contributed by atoms with E-state index in [9.17, 15) is 38.7 Å². The van der Waals surface area contributed by atoms with Gasteiger partial charge in [-0.2, -0.15) is 0 Å². The average Bonchev–Trinajstić information content (AvgIpc) is 3.89. The number of carbonyl (C=O) groups is 4. The molecule has 0 aliphatic carbocycles. The summed E-state index contributed by atoms with van der Waals surface area (Å²) in [6.07, 6.45) is -2.93. The van der Waals surface area contributed by atoms with Gasteiger partial charge < -0.3 is 47.9 Å². The number of carbonyl (C=O) groups excluding carboxylic acids is 4. The third-order valence-electron chi connectivity index (χ3n) is 11.0. The zero-order chi connectivity index (χ0) is 46.2. The largest absolute Gasteiger partial charge is 0.395 e. The van der Waals surface area contributed by atoms with Gasteiger partial charge in [0.15, 0.2) is 24.7 Å². The van der Waals surface area contributed by atoms with Crippen LogP contribution in [0.1, 0.15) is 0 Å². The van der Waals surface area contributed by atoms with Gasteiger partial charge in [-0.05, 0) is 0 Å². The highest BCUT2D eigenvalue weighted by atomic mass is 32.2. The van der Waals surface area contributed by atoms with Crippen LogP contribution in [0.4, 0.5) is 19.2 Å². The Kier molecular flexibility index (Phi) is 17.2. The van der Waals surface area contributed by atoms with E-state index in [2.05, 4.69) is 0 Å². The molecule has 5 fully saturated rings. The molecule has 0 saturated carbocycles. The first kappa shape index (κ1) is 49.3. The number of fused-ring (bicyclic) bond motifs is 2. The Hall–Kier alpha value is -4.17. The van der Waals surface area contributed by atoms with Crippen LogP contribution >= 0.6 is 23.5 Å². The van der Waals surface area contributed by atoms with Crippen molar-refractivity contribution < 1.29 is 62.2 Å². The molecule has 5 aliphatic rings. The number of aromatic nitrogens is 3. The van der Waals surface area contributed by atoms with E-state index >= 15 is 0 Å². The first-order chi connectivity index (χ1) is 30.9. The summed E-state index contributed by atoms with van der Waals surface area (Å²) in [5.74, 6) is 1.04. The van der Waals surface area contributed by atoms with Crippen molar-refractivity contribution in [1.29, 1.82) is 0 Å². The van der Waals surface area contributed by atoms with Crippen LogP contribution < -0.4 is 17.1 Å². The minimum atomic E-state index is -0.929. The Labute approximate surface area is 376 Å². The lowest BCUT2D eigenvalue weighted by Gasteiger charge is -2.32. The number of rotatable bonds is 25. The number of ether oxygens (including phenoxy) is 8. The molecule has 1 N–H and O–H groups in total. The fourth-order valence-electron chi connectivity index (χ4n) is 8.18. The lowest BCUT2D eigenvalue weighted by Crippen LogP contribution is -2.55. The maximum atomic E-state index is 13.9. The summed E-state index contributed by atoms with van der Waals surface area (Å²) in [4.78, 5) is 105. The molecule has 29 heteroatoms. The Balaban J connectivity index is 1.04. The third kappa shape index (κ3) is 9.69. The molecule has 0 aromatic carbocycles. The second-order valence-electron chi connectivity index (χ2n) is 14.8. The van der Waals surface area contributed by atoms with E-state index in [1.807, 2.05) is 0 Å². The maximum absolute atomic E-state index is 13.9. The van der Waals surface area contributed by atoms with Crippen LogP contribution in [0.2, 0.25) is 0 Å². The molecular weight excluding hydrogens is 895 g/mol. The fourth-order valence-corrected chi connectivity index (χ4v) is 10.7. The summed E-state index contributed by atoms with van der Waals surface area (Å²) in [6.45, 7) is -1.95. The number of aliphatic hydroxyl groups is 1. The molecule has 0 bridgehead atoms. The van der Waals surface area contributed by atoms with E-state index in [0.717, 1.165) is 13.7 Å². The zero-order valence-corrected chi connectivity index (χ0v) is 38.2. The van der Waals surface area contributed by atoms with E-state index in [-0.39, 0.29) is 109 Å². The number of urea groups is 4. The molecule has 0 radical (unpaired) electrons. The van der Waals surface area contributed by atoms with Crippen LogP contribution in [0.25, 0.3) is 0 Å². The molecule has 360 valence electrons. The second kappa shape index (κ2) is 22.3. The first-order valence-electron chi connectivity index (χ1n) is 20.2. The van der Waals surface area contributed by atoms with Gasteiger partial charge in [0.05, 0.1) is 46.1 Å². The Morgan fingerprint density at radius 3 is 1.39 bits per heavy atom. The van der Waals surface area contributed by atoms with Gasteiger partial charge in [0, 0.05) is 60.6 Å². The molecule has 1 aromatic rings. The van der Waals surface area contributed by atoms with Crippen LogP contribution in [-0.4, -0.2) is 245 Å².